The largest absolute Gasteiger partial charge is 0.0942 e. The Kier molecular flexibility index (Phi) is 3.36. The monoisotopic (exact) mass is 186 g/mol. The van der Waals surface area contributed by atoms with Gasteiger partial charge >= 0.3 is 0 Å². The lowest BCUT2D eigenvalue weighted by molar-refractivity contribution is 0.324. The normalized spacial score (nSPS) is 12.9. The van der Waals surface area contributed by atoms with Gasteiger partial charge in [-0.3, -0.25) is 0 Å². The number of rotatable bonds is 0. The summed E-state index contributed by atoms with van der Waals surface area (Å²) in [6.07, 6.45) is 0. The Morgan fingerprint density at radius 1 is 1.07 bits per heavy atom. The van der Waals surface area contributed by atoms with Crippen LogP contribution in [-0.4, -0.2) is 0 Å². The molecule has 0 saturated heterocycles. The first-order valence-corrected chi connectivity index (χ1v) is 5.07. The van der Waals surface area contributed by atoms with Crippen LogP contribution in [0.5, 0.6) is 0 Å². The maximum atomic E-state index is 3.29. The van der Waals surface area contributed by atoms with E-state index in [0.29, 0.717) is 5.92 Å². The van der Waals surface area contributed by atoms with Gasteiger partial charge in [0.2, 0.25) is 0 Å². The topological polar surface area (TPSA) is 0 Å². The van der Waals surface area contributed by atoms with Gasteiger partial charge in [0.25, 0.3) is 0 Å². The van der Waals surface area contributed by atoms with Gasteiger partial charge in [-0.2, -0.15) is 0 Å². The minimum Gasteiger partial charge on any atom is -0.0942 e. The highest BCUT2D eigenvalue weighted by Gasteiger charge is 2.17. The van der Waals surface area contributed by atoms with Gasteiger partial charge in [-0.1, -0.05) is 57.7 Å². The average molecular weight is 186 g/mol. The maximum absolute atomic E-state index is 3.29. The van der Waals surface area contributed by atoms with Crippen LogP contribution in [0.25, 0.3) is 0 Å². The van der Waals surface area contributed by atoms with Crippen LogP contribution >= 0.6 is 0 Å². The molecular formula is C14H18. The van der Waals surface area contributed by atoms with Gasteiger partial charge in [0.05, 0.1) is 0 Å². The molecule has 1 atom stereocenters. The fourth-order valence-corrected chi connectivity index (χ4v) is 0.930. The first-order valence-electron chi connectivity index (χ1n) is 5.07. The molecule has 0 aromatic heterocycles. The Labute approximate surface area is 87.4 Å². The third kappa shape index (κ3) is 3.26. The number of hydrogen-bond donors (Lipinski definition) is 0. The van der Waals surface area contributed by atoms with Crippen molar-refractivity contribution in [2.24, 2.45) is 11.3 Å². The summed E-state index contributed by atoms with van der Waals surface area (Å²) in [6, 6.07) is 10.1. The minimum atomic E-state index is 0.266. The first kappa shape index (κ1) is 10.9. The predicted octanol–water partition coefficient (Wildman–Crippen LogP) is 3.72. The van der Waals surface area contributed by atoms with Crippen LogP contribution < -0.4 is 0 Å². The van der Waals surface area contributed by atoms with Crippen molar-refractivity contribution in [3.63, 3.8) is 0 Å². The van der Waals surface area contributed by atoms with Crippen LogP contribution in [0, 0.1) is 23.2 Å². The van der Waals surface area contributed by atoms with Crippen LogP contribution in [0.3, 0.4) is 0 Å². The van der Waals surface area contributed by atoms with Gasteiger partial charge in [-0.05, 0) is 17.5 Å². The van der Waals surface area contributed by atoms with Crippen molar-refractivity contribution in [2.45, 2.75) is 27.7 Å². The Morgan fingerprint density at radius 3 is 2.14 bits per heavy atom. The third-order valence-electron chi connectivity index (χ3n) is 2.51. The molecule has 0 aliphatic carbocycles. The van der Waals surface area contributed by atoms with Gasteiger partial charge < -0.3 is 0 Å². The van der Waals surface area contributed by atoms with Crippen molar-refractivity contribution in [1.29, 1.82) is 0 Å². The van der Waals surface area contributed by atoms with Crippen LogP contribution in [0.2, 0.25) is 0 Å². The smallest absolute Gasteiger partial charge is 0.0245 e. The van der Waals surface area contributed by atoms with E-state index in [1.54, 1.807) is 0 Å². The van der Waals surface area contributed by atoms with Crippen LogP contribution in [0.4, 0.5) is 0 Å². The van der Waals surface area contributed by atoms with Crippen molar-refractivity contribution in [3.05, 3.63) is 35.9 Å². The molecule has 74 valence electrons. The molecule has 0 fully saturated rings. The van der Waals surface area contributed by atoms with E-state index in [9.17, 15) is 0 Å². The highest BCUT2D eigenvalue weighted by Crippen LogP contribution is 2.24. The first-order chi connectivity index (χ1) is 6.50. The van der Waals surface area contributed by atoms with Gasteiger partial charge in [0.1, 0.15) is 0 Å². The molecule has 0 aliphatic heterocycles. The summed E-state index contributed by atoms with van der Waals surface area (Å²) >= 11 is 0. The molecule has 14 heavy (non-hydrogen) atoms. The predicted molar refractivity (Wildman–Crippen MR) is 61.9 cm³/mol. The lowest BCUT2D eigenvalue weighted by atomic mass is 9.82. The van der Waals surface area contributed by atoms with E-state index in [1.807, 2.05) is 30.3 Å². The summed E-state index contributed by atoms with van der Waals surface area (Å²) in [7, 11) is 0. The molecule has 0 radical (unpaired) electrons. The molecule has 0 saturated carbocycles. The maximum Gasteiger partial charge on any atom is 0.0245 e. The molecule has 0 heterocycles. The third-order valence-corrected chi connectivity index (χ3v) is 2.51. The zero-order valence-corrected chi connectivity index (χ0v) is 9.46. The molecule has 1 rings (SSSR count). The highest BCUT2D eigenvalue weighted by atomic mass is 14.2. The molecule has 0 bridgehead atoms. The van der Waals surface area contributed by atoms with Gasteiger partial charge in [0.15, 0.2) is 0 Å². The molecule has 0 amide bonds. The molecule has 0 spiro atoms. The van der Waals surface area contributed by atoms with E-state index in [-0.39, 0.29) is 5.41 Å². The minimum absolute atomic E-state index is 0.266. The molecule has 1 aromatic carbocycles. The highest BCUT2D eigenvalue weighted by molar-refractivity contribution is 5.34. The summed E-state index contributed by atoms with van der Waals surface area (Å²) in [5.41, 5.74) is 1.37. The fourth-order valence-electron chi connectivity index (χ4n) is 0.930. The zero-order chi connectivity index (χ0) is 10.6. The number of hydrogen-bond acceptors (Lipinski definition) is 0. The van der Waals surface area contributed by atoms with Crippen molar-refractivity contribution >= 4 is 0 Å². The fraction of sp³-hybridized carbons (Fsp3) is 0.429. The van der Waals surface area contributed by atoms with Crippen LogP contribution in [0.15, 0.2) is 30.3 Å². The zero-order valence-electron chi connectivity index (χ0n) is 9.46. The van der Waals surface area contributed by atoms with E-state index in [0.717, 1.165) is 5.56 Å². The molecular weight excluding hydrogens is 168 g/mol. The average Bonchev–Trinajstić information content (AvgIpc) is 2.14. The SMILES string of the molecule is CC(C#Cc1ccccc1)C(C)(C)C. The van der Waals surface area contributed by atoms with Crippen molar-refractivity contribution < 1.29 is 0 Å². The van der Waals surface area contributed by atoms with Crippen molar-refractivity contribution in [3.8, 4) is 11.8 Å². The lowest BCUT2D eigenvalue weighted by Crippen LogP contribution is -2.15. The Balaban J connectivity index is 2.74. The van der Waals surface area contributed by atoms with E-state index in [2.05, 4.69) is 39.5 Å². The summed E-state index contributed by atoms with van der Waals surface area (Å²) in [6.45, 7) is 8.84. The Hall–Kier alpha value is -1.22. The quantitative estimate of drug-likeness (QED) is 0.542. The second-order valence-electron chi connectivity index (χ2n) is 4.72. The second-order valence-corrected chi connectivity index (χ2v) is 4.72. The van der Waals surface area contributed by atoms with Gasteiger partial charge in [-0.15, -0.1) is 0 Å². The molecule has 1 aromatic rings. The molecule has 1 unspecified atom stereocenters. The summed E-state index contributed by atoms with van der Waals surface area (Å²) in [5, 5.41) is 0. The summed E-state index contributed by atoms with van der Waals surface area (Å²) in [4.78, 5) is 0. The van der Waals surface area contributed by atoms with E-state index < -0.39 is 0 Å². The van der Waals surface area contributed by atoms with Gasteiger partial charge in [0, 0.05) is 11.5 Å². The molecule has 0 nitrogen and oxygen atoms in total. The van der Waals surface area contributed by atoms with Crippen LogP contribution in [-0.2, 0) is 0 Å². The molecule has 0 aliphatic rings. The van der Waals surface area contributed by atoms with Gasteiger partial charge in [-0.25, -0.2) is 0 Å². The van der Waals surface area contributed by atoms with E-state index in [1.165, 1.54) is 0 Å². The molecule has 0 N–H and O–H groups in total. The lowest BCUT2D eigenvalue weighted by Gasteiger charge is -2.21. The number of benzene rings is 1. The standard InChI is InChI=1S/C14H18/c1-12(14(2,3)4)10-11-13-8-6-5-7-9-13/h5-9,12H,1-4H3. The second kappa shape index (κ2) is 4.33. The van der Waals surface area contributed by atoms with Crippen molar-refractivity contribution in [1.82, 2.24) is 0 Å². The Bertz CT molecular complexity index is 330. The Morgan fingerprint density at radius 2 is 1.64 bits per heavy atom. The summed E-state index contributed by atoms with van der Waals surface area (Å²) in [5.74, 6) is 6.91. The van der Waals surface area contributed by atoms with E-state index >= 15 is 0 Å². The van der Waals surface area contributed by atoms with E-state index in [4.69, 9.17) is 0 Å². The summed E-state index contributed by atoms with van der Waals surface area (Å²) < 4.78 is 0. The van der Waals surface area contributed by atoms with Crippen molar-refractivity contribution in [2.75, 3.05) is 0 Å². The van der Waals surface area contributed by atoms with Crippen LogP contribution in [0.1, 0.15) is 33.3 Å². The molecule has 0 heteroatoms.